The molecule has 0 N–H and O–H groups in total. The van der Waals surface area contributed by atoms with Crippen LogP contribution >= 0.6 is 16.5 Å². The van der Waals surface area contributed by atoms with Crippen LogP contribution < -0.4 is 10.2 Å². The summed E-state index contributed by atoms with van der Waals surface area (Å²) in [5.74, 6) is 0. The van der Waals surface area contributed by atoms with Gasteiger partial charge in [-0.2, -0.15) is 4.67 Å². The number of rotatable bonds is 3. The van der Waals surface area contributed by atoms with E-state index in [4.69, 9.17) is 5.26 Å². The smallest absolute Gasteiger partial charge is 0.672 e. The molecule has 0 aromatic heterocycles. The molecule has 46 valence electrons. The van der Waals surface area contributed by atoms with Gasteiger partial charge in [-0.25, -0.2) is 0 Å². The van der Waals surface area contributed by atoms with Gasteiger partial charge < -0.3 is 10.2 Å². The monoisotopic (exact) mass is 158 g/mol. The molecule has 0 aromatic carbocycles. The van der Waals surface area contributed by atoms with Crippen LogP contribution in [0.5, 0.6) is 0 Å². The highest BCUT2D eigenvalue weighted by molar-refractivity contribution is 7.46. The Morgan fingerprint density at radius 2 is 1.88 bits per heavy atom. The van der Waals surface area contributed by atoms with Crippen molar-refractivity contribution in [2.75, 3.05) is 0 Å². The first-order valence-corrected chi connectivity index (χ1v) is 3.45. The summed E-state index contributed by atoms with van der Waals surface area (Å²) < 4.78 is 25.1. The van der Waals surface area contributed by atoms with Gasteiger partial charge in [0.15, 0.2) is 0 Å². The van der Waals surface area contributed by atoms with Crippen LogP contribution in [0.3, 0.4) is 0 Å². The highest BCUT2D eigenvalue weighted by Gasteiger charge is 2.26. The minimum absolute atomic E-state index is 2.71. The van der Waals surface area contributed by atoms with Crippen molar-refractivity contribution in [1.82, 2.24) is 0 Å². The van der Waals surface area contributed by atoms with Crippen LogP contribution in [0.2, 0.25) is 0 Å². The Kier molecular flexibility index (Phi) is 3.99. The van der Waals surface area contributed by atoms with E-state index in [0.29, 0.717) is 0 Å². The Bertz CT molecular complexity index is 105. The molecule has 8 heavy (non-hydrogen) atoms. The minimum Gasteiger partial charge on any atom is -0.672 e. The summed E-state index contributed by atoms with van der Waals surface area (Å²) in [4.78, 5) is 9.38. The molecule has 8 heteroatoms. The van der Waals surface area contributed by atoms with Gasteiger partial charge in [0.1, 0.15) is 4.31 Å². The molecule has 0 aliphatic rings. The van der Waals surface area contributed by atoms with Gasteiger partial charge in [0, 0.05) is 4.57 Å². The maximum atomic E-state index is 9.63. The van der Waals surface area contributed by atoms with Crippen LogP contribution in [0.4, 0.5) is 0 Å². The first-order valence-electron chi connectivity index (χ1n) is 1.26. The summed E-state index contributed by atoms with van der Waals surface area (Å²) in [6.45, 7) is 0. The van der Waals surface area contributed by atoms with E-state index in [0.717, 1.165) is 0 Å². The molecular weight excluding hydrogens is 158 g/mol. The van der Waals surface area contributed by atoms with Gasteiger partial charge >= 0.3 is 16.5 Å². The van der Waals surface area contributed by atoms with E-state index in [1.54, 1.807) is 0 Å². The zero-order chi connectivity index (χ0) is 6.57. The molecule has 6 nitrogen and oxygen atoms in total. The van der Waals surface area contributed by atoms with Crippen molar-refractivity contribution in [3.63, 3.8) is 0 Å². The van der Waals surface area contributed by atoms with E-state index in [9.17, 15) is 14.0 Å². The average Bonchev–Trinajstić information content (AvgIpc) is 1.65. The van der Waals surface area contributed by atoms with E-state index >= 15 is 0 Å². The van der Waals surface area contributed by atoms with Gasteiger partial charge in [0.2, 0.25) is 0 Å². The third-order valence-corrected chi connectivity index (χ3v) is 1.38. The Hall–Kier alpha value is 0.0400. The van der Waals surface area contributed by atoms with Crippen molar-refractivity contribution in [3.05, 3.63) is 0 Å². The highest BCUT2D eigenvalue weighted by Crippen LogP contribution is 2.31. The van der Waals surface area contributed by atoms with Crippen molar-refractivity contribution < 1.29 is 28.3 Å². The molecule has 0 aliphatic carbocycles. The molecule has 0 aliphatic heterocycles. The van der Waals surface area contributed by atoms with Crippen molar-refractivity contribution in [2.45, 2.75) is 0 Å². The van der Waals surface area contributed by atoms with Crippen molar-refractivity contribution in [3.8, 4) is 0 Å². The van der Waals surface area contributed by atoms with Crippen molar-refractivity contribution >= 4 is 16.5 Å². The number of hydrogen-bond acceptors (Lipinski definition) is 6. The van der Waals surface area contributed by atoms with Crippen molar-refractivity contribution in [2.24, 2.45) is 0 Å². The van der Waals surface area contributed by atoms with Crippen LogP contribution in [-0.2, 0) is 18.1 Å². The third kappa shape index (κ3) is 4.21. The summed E-state index contributed by atoms with van der Waals surface area (Å²) in [5.41, 5.74) is 0. The summed E-state index contributed by atoms with van der Waals surface area (Å²) in [5, 5.41) is 8.99. The lowest BCUT2D eigenvalue weighted by molar-refractivity contribution is -0.637. The average molecular weight is 158 g/mol. The van der Waals surface area contributed by atoms with E-state index in [1.807, 2.05) is 0 Å². The maximum Gasteiger partial charge on any atom is 0.736 e. The fraction of sp³-hybridized carbons (Fsp3) is 0. The molecule has 0 saturated carbocycles. The summed E-state index contributed by atoms with van der Waals surface area (Å²) in [6, 6.07) is 0. The Labute approximate surface area is 45.9 Å². The second-order valence-electron chi connectivity index (χ2n) is 0.603. The van der Waals surface area contributed by atoms with Gasteiger partial charge in [0.25, 0.3) is 0 Å². The van der Waals surface area contributed by atoms with E-state index in [2.05, 4.69) is 8.99 Å². The normalized spacial score (nSPS) is 13.2. The van der Waals surface area contributed by atoms with Crippen LogP contribution in [0.25, 0.3) is 0 Å². The Morgan fingerprint density at radius 3 is 2.00 bits per heavy atom. The molecule has 0 heterocycles. The SMILES string of the molecule is O=[P+]([O-])O[P+](=O)O[O-]. The van der Waals surface area contributed by atoms with Crippen molar-refractivity contribution in [1.29, 1.82) is 0 Å². The standard InChI is InChI=1S/O6P2/c1-5-8(4)6-7(2)3. The maximum absolute atomic E-state index is 9.63. The summed E-state index contributed by atoms with van der Waals surface area (Å²) >= 11 is 0. The first-order chi connectivity index (χ1) is 3.66. The van der Waals surface area contributed by atoms with Gasteiger partial charge in [-0.15, -0.1) is 0 Å². The molecule has 0 bridgehead atoms. The molecule has 0 rings (SSSR count). The predicted molar refractivity (Wildman–Crippen MR) is 17.4 cm³/mol. The molecule has 0 saturated heterocycles. The molecule has 0 amide bonds. The predicted octanol–water partition coefficient (Wildman–Crippen LogP) is -1.03. The molecule has 0 fully saturated rings. The minimum atomic E-state index is -3.25. The fourth-order valence-electron chi connectivity index (χ4n) is 0.0680. The molecule has 0 aromatic rings. The lowest BCUT2D eigenvalue weighted by Gasteiger charge is -1.79. The zero-order valence-electron chi connectivity index (χ0n) is 3.34. The highest BCUT2D eigenvalue weighted by atomic mass is 31.2. The van der Waals surface area contributed by atoms with Gasteiger partial charge in [0.05, 0.1) is 0 Å². The Morgan fingerprint density at radius 1 is 1.38 bits per heavy atom. The van der Waals surface area contributed by atoms with Crippen LogP contribution in [0.1, 0.15) is 0 Å². The second kappa shape index (κ2) is 3.97. The van der Waals surface area contributed by atoms with Crippen LogP contribution in [0, 0.1) is 0 Å². The molecule has 2 atom stereocenters. The second-order valence-corrected chi connectivity index (χ2v) is 2.30. The van der Waals surface area contributed by atoms with Crippen LogP contribution in [0.15, 0.2) is 0 Å². The topological polar surface area (TPSA) is 98.7 Å². The lowest BCUT2D eigenvalue weighted by Crippen LogP contribution is -1.96. The quantitative estimate of drug-likeness (QED) is 0.295. The third-order valence-electron chi connectivity index (χ3n) is 0.194. The lowest BCUT2D eigenvalue weighted by atomic mass is 15.0. The van der Waals surface area contributed by atoms with E-state index < -0.39 is 16.5 Å². The fourth-order valence-corrected chi connectivity index (χ4v) is 0.612. The van der Waals surface area contributed by atoms with E-state index in [-0.39, 0.29) is 0 Å². The van der Waals surface area contributed by atoms with Gasteiger partial charge in [-0.1, -0.05) is 0 Å². The first kappa shape index (κ1) is 8.04. The van der Waals surface area contributed by atoms with Gasteiger partial charge in [-0.05, 0) is 4.57 Å². The zero-order valence-corrected chi connectivity index (χ0v) is 5.13. The molecular formula is O6P2. The van der Waals surface area contributed by atoms with Gasteiger partial charge in [-0.3, -0.25) is 0 Å². The largest absolute Gasteiger partial charge is 0.736 e. The Balaban J connectivity index is 3.40. The molecule has 0 spiro atoms. The number of hydrogen-bond donors (Lipinski definition) is 0. The molecule has 2 unspecified atom stereocenters. The summed E-state index contributed by atoms with van der Waals surface area (Å²) in [7, 11) is -6.27. The van der Waals surface area contributed by atoms with E-state index in [1.165, 1.54) is 0 Å². The molecule has 0 radical (unpaired) electrons. The summed E-state index contributed by atoms with van der Waals surface area (Å²) in [6.07, 6.45) is 0. The van der Waals surface area contributed by atoms with Crippen LogP contribution in [-0.4, -0.2) is 0 Å².